The van der Waals surface area contributed by atoms with Gasteiger partial charge in [0.15, 0.2) is 0 Å². The van der Waals surface area contributed by atoms with Gasteiger partial charge in [0.25, 0.3) is 0 Å². The number of rotatable bonds is 3. The predicted molar refractivity (Wildman–Crippen MR) is 73.7 cm³/mol. The SMILES string of the molecule is COC(=O)NC1CC(C)(C)CC(C)(CNC(=O)ON)C1. The average molecular weight is 287 g/mol. The lowest BCUT2D eigenvalue weighted by molar-refractivity contribution is 0.0647. The van der Waals surface area contributed by atoms with Gasteiger partial charge in [0, 0.05) is 12.6 Å². The molecule has 0 spiro atoms. The molecule has 20 heavy (non-hydrogen) atoms. The number of hydrogen-bond donors (Lipinski definition) is 3. The molecule has 0 aromatic carbocycles. The molecule has 1 aliphatic carbocycles. The van der Waals surface area contributed by atoms with Crippen molar-refractivity contribution < 1.29 is 19.2 Å². The summed E-state index contributed by atoms with van der Waals surface area (Å²) < 4.78 is 4.65. The number of nitrogens with one attached hydrogen (secondary N) is 2. The fourth-order valence-electron chi connectivity index (χ4n) is 3.42. The average Bonchev–Trinajstić information content (AvgIpc) is 2.33. The van der Waals surface area contributed by atoms with Gasteiger partial charge in [-0.25, -0.2) is 9.59 Å². The molecule has 1 fully saturated rings. The standard InChI is InChI=1S/C13H25N3O4/c1-12(2)5-9(16-11(18)19-4)6-13(3,7-12)8-15-10(17)20-14/h9H,5-8,14H2,1-4H3,(H,15,17)(H,16,18). The third-order valence-electron chi connectivity index (χ3n) is 3.72. The molecule has 116 valence electrons. The molecule has 7 nitrogen and oxygen atoms in total. The maximum Gasteiger partial charge on any atom is 0.425 e. The Morgan fingerprint density at radius 1 is 1.25 bits per heavy atom. The molecule has 0 bridgehead atoms. The summed E-state index contributed by atoms with van der Waals surface area (Å²) in [7, 11) is 1.35. The number of carbonyl (C=O) groups is 2. The van der Waals surface area contributed by atoms with E-state index in [4.69, 9.17) is 5.90 Å². The minimum atomic E-state index is -0.646. The van der Waals surface area contributed by atoms with Gasteiger partial charge in [-0.1, -0.05) is 20.8 Å². The van der Waals surface area contributed by atoms with Crippen LogP contribution in [0.3, 0.4) is 0 Å². The minimum Gasteiger partial charge on any atom is -0.453 e. The first-order valence-corrected chi connectivity index (χ1v) is 6.69. The Bertz CT molecular complexity index is 373. The first-order chi connectivity index (χ1) is 9.19. The van der Waals surface area contributed by atoms with Crippen LogP contribution in [0.2, 0.25) is 0 Å². The topological polar surface area (TPSA) is 103 Å². The lowest BCUT2D eigenvalue weighted by Gasteiger charge is -2.46. The van der Waals surface area contributed by atoms with Crippen molar-refractivity contribution in [3.63, 3.8) is 0 Å². The highest BCUT2D eigenvalue weighted by Crippen LogP contribution is 2.45. The largest absolute Gasteiger partial charge is 0.453 e. The van der Waals surface area contributed by atoms with Crippen molar-refractivity contribution in [2.24, 2.45) is 16.7 Å². The number of amides is 2. The van der Waals surface area contributed by atoms with E-state index in [0.717, 1.165) is 19.3 Å². The van der Waals surface area contributed by atoms with Crippen molar-refractivity contribution in [1.29, 1.82) is 0 Å². The minimum absolute atomic E-state index is 0.0203. The van der Waals surface area contributed by atoms with Gasteiger partial charge in [-0.05, 0) is 30.1 Å². The molecule has 1 rings (SSSR count). The van der Waals surface area contributed by atoms with Crippen LogP contribution in [0.4, 0.5) is 9.59 Å². The second-order valence-corrected chi connectivity index (χ2v) is 6.65. The van der Waals surface area contributed by atoms with Crippen molar-refractivity contribution in [3.8, 4) is 0 Å². The van der Waals surface area contributed by atoms with Crippen molar-refractivity contribution >= 4 is 12.2 Å². The maximum atomic E-state index is 11.4. The number of alkyl carbamates (subject to hydrolysis) is 1. The third-order valence-corrected chi connectivity index (χ3v) is 3.72. The van der Waals surface area contributed by atoms with Crippen LogP contribution >= 0.6 is 0 Å². The number of methoxy groups -OCH3 is 1. The Hall–Kier alpha value is -1.50. The van der Waals surface area contributed by atoms with Gasteiger partial charge in [-0.15, -0.1) is 0 Å². The zero-order valence-corrected chi connectivity index (χ0v) is 12.6. The van der Waals surface area contributed by atoms with E-state index in [-0.39, 0.29) is 16.9 Å². The molecule has 0 saturated heterocycles. The first kappa shape index (κ1) is 16.6. The van der Waals surface area contributed by atoms with E-state index in [2.05, 4.69) is 41.0 Å². The fraction of sp³-hybridized carbons (Fsp3) is 0.846. The van der Waals surface area contributed by atoms with Crippen LogP contribution in [0.1, 0.15) is 40.0 Å². The second-order valence-electron chi connectivity index (χ2n) is 6.65. The van der Waals surface area contributed by atoms with Crippen molar-refractivity contribution in [2.45, 2.75) is 46.1 Å². The van der Waals surface area contributed by atoms with Gasteiger partial charge in [-0.3, -0.25) is 0 Å². The van der Waals surface area contributed by atoms with Gasteiger partial charge in [-0.2, -0.15) is 5.90 Å². The molecule has 1 aliphatic rings. The summed E-state index contributed by atoms with van der Waals surface area (Å²) >= 11 is 0. The molecule has 2 unspecified atom stereocenters. The zero-order valence-electron chi connectivity index (χ0n) is 12.6. The molecule has 0 aromatic heterocycles. The van der Waals surface area contributed by atoms with Crippen LogP contribution < -0.4 is 16.5 Å². The summed E-state index contributed by atoms with van der Waals surface area (Å²) in [5.41, 5.74) is -0.0748. The van der Waals surface area contributed by atoms with Gasteiger partial charge in [0.05, 0.1) is 7.11 Å². The third kappa shape index (κ3) is 4.88. The van der Waals surface area contributed by atoms with E-state index in [0.29, 0.717) is 6.54 Å². The Morgan fingerprint density at radius 2 is 1.90 bits per heavy atom. The predicted octanol–water partition coefficient (Wildman–Crippen LogP) is 1.53. The number of nitrogens with two attached hydrogens (primary N) is 1. The summed E-state index contributed by atoms with van der Waals surface area (Å²) in [4.78, 5) is 26.6. The van der Waals surface area contributed by atoms with Crippen LogP contribution in [0.15, 0.2) is 0 Å². The molecule has 0 aromatic rings. The lowest BCUT2D eigenvalue weighted by atomic mass is 9.62. The van der Waals surface area contributed by atoms with Crippen LogP contribution in [-0.4, -0.2) is 31.9 Å². The van der Waals surface area contributed by atoms with Gasteiger partial charge >= 0.3 is 12.2 Å². The molecule has 2 amide bonds. The smallest absolute Gasteiger partial charge is 0.425 e. The fourth-order valence-corrected chi connectivity index (χ4v) is 3.42. The van der Waals surface area contributed by atoms with E-state index in [9.17, 15) is 9.59 Å². The van der Waals surface area contributed by atoms with Crippen LogP contribution in [0.25, 0.3) is 0 Å². The number of carbonyl (C=O) groups excluding carboxylic acids is 2. The Morgan fingerprint density at radius 3 is 2.45 bits per heavy atom. The van der Waals surface area contributed by atoms with Gasteiger partial charge in [0.1, 0.15) is 0 Å². The quantitative estimate of drug-likeness (QED) is 0.683. The Balaban J connectivity index is 2.70. The highest BCUT2D eigenvalue weighted by atomic mass is 16.7. The molecular formula is C13H25N3O4. The normalized spacial score (nSPS) is 28.4. The van der Waals surface area contributed by atoms with Crippen LogP contribution in [0, 0.1) is 10.8 Å². The summed E-state index contributed by atoms with van der Waals surface area (Å²) in [6.07, 6.45) is 1.50. The van der Waals surface area contributed by atoms with E-state index < -0.39 is 12.2 Å². The molecule has 0 radical (unpaired) electrons. The van der Waals surface area contributed by atoms with Crippen molar-refractivity contribution in [1.82, 2.24) is 10.6 Å². The molecule has 1 saturated carbocycles. The van der Waals surface area contributed by atoms with E-state index in [1.807, 2.05) is 0 Å². The summed E-state index contributed by atoms with van der Waals surface area (Å²) in [6, 6.07) is 0.0203. The molecule has 4 N–H and O–H groups in total. The van der Waals surface area contributed by atoms with Crippen molar-refractivity contribution in [3.05, 3.63) is 0 Å². The van der Waals surface area contributed by atoms with Gasteiger partial charge in [0.2, 0.25) is 0 Å². The summed E-state index contributed by atoms with van der Waals surface area (Å²) in [5.74, 6) is 4.81. The summed E-state index contributed by atoms with van der Waals surface area (Å²) in [6.45, 7) is 6.83. The lowest BCUT2D eigenvalue weighted by Crippen LogP contribution is -2.50. The summed E-state index contributed by atoms with van der Waals surface area (Å²) in [5, 5.41) is 5.49. The van der Waals surface area contributed by atoms with E-state index in [1.54, 1.807) is 0 Å². The van der Waals surface area contributed by atoms with E-state index in [1.165, 1.54) is 7.11 Å². The molecule has 2 atom stereocenters. The Kier molecular flexibility index (Phi) is 5.21. The monoisotopic (exact) mass is 287 g/mol. The molecular weight excluding hydrogens is 262 g/mol. The molecule has 0 aliphatic heterocycles. The maximum absolute atomic E-state index is 11.4. The highest BCUT2D eigenvalue weighted by Gasteiger charge is 2.42. The number of ether oxygens (including phenoxy) is 1. The van der Waals surface area contributed by atoms with Crippen LogP contribution in [0.5, 0.6) is 0 Å². The first-order valence-electron chi connectivity index (χ1n) is 6.69. The second kappa shape index (κ2) is 6.30. The number of hydrogen-bond acceptors (Lipinski definition) is 5. The zero-order chi connectivity index (χ0) is 15.4. The Labute approximate surface area is 119 Å². The van der Waals surface area contributed by atoms with Crippen molar-refractivity contribution in [2.75, 3.05) is 13.7 Å². The highest BCUT2D eigenvalue weighted by molar-refractivity contribution is 5.67. The van der Waals surface area contributed by atoms with Gasteiger partial charge < -0.3 is 20.2 Å². The van der Waals surface area contributed by atoms with Crippen LogP contribution in [-0.2, 0) is 9.57 Å². The molecule has 7 heteroatoms. The molecule has 0 heterocycles. The van der Waals surface area contributed by atoms with E-state index >= 15 is 0 Å².